The summed E-state index contributed by atoms with van der Waals surface area (Å²) in [7, 11) is 0. The summed E-state index contributed by atoms with van der Waals surface area (Å²) in [5.41, 5.74) is 6.57. The summed E-state index contributed by atoms with van der Waals surface area (Å²) in [6, 6.07) is 14.5. The maximum atomic E-state index is 13.2. The number of ether oxygens (including phenoxy) is 1. The van der Waals surface area contributed by atoms with Gasteiger partial charge in [-0.05, 0) is 36.5 Å². The summed E-state index contributed by atoms with van der Waals surface area (Å²) in [5.74, 6) is 0.817. The number of hydrogen-bond donors (Lipinski definition) is 2. The second-order valence-corrected chi connectivity index (χ2v) is 8.62. The number of aromatic amines is 1. The van der Waals surface area contributed by atoms with E-state index in [1.165, 1.54) is 17.3 Å². The highest BCUT2D eigenvalue weighted by Gasteiger charge is 2.31. The number of hydrogen-bond acceptors (Lipinski definition) is 4. The van der Waals surface area contributed by atoms with Crippen LogP contribution >= 0.6 is 0 Å². The Labute approximate surface area is 186 Å². The number of carbonyl (C=O) groups is 1. The highest BCUT2D eigenvalue weighted by atomic mass is 16.5. The van der Waals surface area contributed by atoms with Gasteiger partial charge in [-0.3, -0.25) is 4.79 Å². The lowest BCUT2D eigenvalue weighted by Crippen LogP contribution is -2.38. The first-order valence-electron chi connectivity index (χ1n) is 11.2. The molecule has 0 radical (unpaired) electrons. The minimum atomic E-state index is -0.132. The third-order valence-electron chi connectivity index (χ3n) is 6.64. The molecule has 2 N–H and O–H groups in total. The van der Waals surface area contributed by atoms with Gasteiger partial charge in [-0.25, -0.2) is 9.97 Å². The number of H-pyrrole nitrogens is 1. The maximum Gasteiger partial charge on any atom is 0.229 e. The number of rotatable bonds is 4. The van der Waals surface area contributed by atoms with Crippen molar-refractivity contribution < 1.29 is 9.53 Å². The van der Waals surface area contributed by atoms with Crippen molar-refractivity contribution in [1.29, 1.82) is 0 Å². The van der Waals surface area contributed by atoms with Crippen molar-refractivity contribution in [3.8, 4) is 16.9 Å². The topological polar surface area (TPSA) is 79.9 Å². The molecule has 1 aliphatic heterocycles. The van der Waals surface area contributed by atoms with Gasteiger partial charge in [0.25, 0.3) is 0 Å². The zero-order chi connectivity index (χ0) is 21.5. The van der Waals surface area contributed by atoms with Gasteiger partial charge in [0.05, 0.1) is 12.5 Å². The van der Waals surface area contributed by atoms with E-state index in [-0.39, 0.29) is 17.9 Å². The van der Waals surface area contributed by atoms with E-state index in [1.54, 1.807) is 12.4 Å². The Balaban J connectivity index is 1.17. The molecule has 4 aromatic rings. The Hall–Kier alpha value is -3.67. The van der Waals surface area contributed by atoms with E-state index >= 15 is 0 Å². The predicted octanol–water partition coefficient (Wildman–Crippen LogP) is 4.16. The smallest absolute Gasteiger partial charge is 0.229 e. The second kappa shape index (κ2) is 7.79. The van der Waals surface area contributed by atoms with Crippen molar-refractivity contribution in [2.24, 2.45) is 0 Å². The summed E-state index contributed by atoms with van der Waals surface area (Å²) in [5, 5.41) is 4.41. The average molecular weight is 425 g/mol. The van der Waals surface area contributed by atoms with Gasteiger partial charge in [-0.15, -0.1) is 0 Å². The van der Waals surface area contributed by atoms with Crippen molar-refractivity contribution >= 4 is 16.8 Å². The van der Waals surface area contributed by atoms with Crippen molar-refractivity contribution in [3.05, 3.63) is 78.0 Å². The van der Waals surface area contributed by atoms with E-state index in [4.69, 9.17) is 4.74 Å². The SMILES string of the molecule is O=C(NC[C@@H]1Cc2cccc(-c3cncnc3)c2O1)[C@@H]1CCCc2c1[nH]c1ccccc21. The molecule has 32 heavy (non-hydrogen) atoms. The molecule has 6 rings (SSSR count). The highest BCUT2D eigenvalue weighted by Crippen LogP contribution is 2.39. The highest BCUT2D eigenvalue weighted by molar-refractivity contribution is 5.90. The molecule has 0 saturated carbocycles. The molecule has 2 aliphatic rings. The maximum absolute atomic E-state index is 13.2. The largest absolute Gasteiger partial charge is 0.487 e. The molecule has 6 heteroatoms. The van der Waals surface area contributed by atoms with E-state index < -0.39 is 0 Å². The van der Waals surface area contributed by atoms with Crippen molar-refractivity contribution in [1.82, 2.24) is 20.3 Å². The number of carbonyl (C=O) groups excluding carboxylic acids is 1. The predicted molar refractivity (Wildman–Crippen MR) is 123 cm³/mol. The molecule has 2 atom stereocenters. The van der Waals surface area contributed by atoms with E-state index in [9.17, 15) is 4.79 Å². The number of nitrogens with one attached hydrogen (secondary N) is 2. The van der Waals surface area contributed by atoms with E-state index in [1.807, 2.05) is 18.2 Å². The van der Waals surface area contributed by atoms with Crippen LogP contribution < -0.4 is 10.1 Å². The van der Waals surface area contributed by atoms with Crippen LogP contribution in [-0.2, 0) is 17.6 Å². The Kier molecular flexibility index (Phi) is 4.63. The molecule has 160 valence electrons. The molecule has 2 aromatic heterocycles. The van der Waals surface area contributed by atoms with Crippen LogP contribution in [0.4, 0.5) is 0 Å². The van der Waals surface area contributed by atoms with Crippen LogP contribution in [0, 0.1) is 0 Å². The third-order valence-corrected chi connectivity index (χ3v) is 6.64. The number of nitrogens with zero attached hydrogens (tertiary/aromatic N) is 2. The number of amides is 1. The van der Waals surface area contributed by atoms with E-state index in [0.717, 1.165) is 59.3 Å². The van der Waals surface area contributed by atoms with Crippen molar-refractivity contribution in [3.63, 3.8) is 0 Å². The molecule has 1 amide bonds. The third kappa shape index (κ3) is 3.23. The summed E-state index contributed by atoms with van der Waals surface area (Å²) in [6.07, 6.45) is 8.73. The van der Waals surface area contributed by atoms with Crippen LogP contribution in [0.5, 0.6) is 5.75 Å². The van der Waals surface area contributed by atoms with Crippen LogP contribution in [0.15, 0.2) is 61.2 Å². The Morgan fingerprint density at radius 2 is 2.00 bits per heavy atom. The van der Waals surface area contributed by atoms with Crippen LogP contribution in [0.3, 0.4) is 0 Å². The summed E-state index contributed by atoms with van der Waals surface area (Å²) in [6.45, 7) is 0.490. The molecule has 6 nitrogen and oxygen atoms in total. The molecule has 0 saturated heterocycles. The molecule has 3 heterocycles. The average Bonchev–Trinajstić information content (AvgIpc) is 3.44. The first-order valence-corrected chi connectivity index (χ1v) is 11.2. The van der Waals surface area contributed by atoms with E-state index in [0.29, 0.717) is 6.54 Å². The second-order valence-electron chi connectivity index (χ2n) is 8.62. The normalized spacial score (nSPS) is 19.2. The number of benzene rings is 2. The van der Waals surface area contributed by atoms with Crippen LogP contribution in [0.2, 0.25) is 0 Å². The van der Waals surface area contributed by atoms with Gasteiger partial charge in [-0.1, -0.05) is 36.4 Å². The lowest BCUT2D eigenvalue weighted by molar-refractivity contribution is -0.123. The van der Waals surface area contributed by atoms with Gasteiger partial charge in [-0.2, -0.15) is 0 Å². The minimum absolute atomic E-state index is 0.0775. The van der Waals surface area contributed by atoms with Gasteiger partial charge < -0.3 is 15.0 Å². The van der Waals surface area contributed by atoms with Gasteiger partial charge in [0.15, 0.2) is 0 Å². The summed E-state index contributed by atoms with van der Waals surface area (Å²) in [4.78, 5) is 24.9. The number of aryl methyl sites for hydroxylation is 1. The fourth-order valence-corrected chi connectivity index (χ4v) is 5.13. The fourth-order valence-electron chi connectivity index (χ4n) is 5.13. The standard InChI is InChI=1S/C26H24N4O2/c31-26(22-9-4-8-21-20-6-1-2-10-23(20)30-24(21)22)29-14-18-11-16-5-3-7-19(25(16)32-18)17-12-27-15-28-13-17/h1-3,5-7,10,12-13,15,18,22,30H,4,8-9,11,14H2,(H,29,31)/t18-,22+/m0/s1. The monoisotopic (exact) mass is 424 g/mol. The van der Waals surface area contributed by atoms with Crippen LogP contribution in [0.1, 0.15) is 35.6 Å². The van der Waals surface area contributed by atoms with Gasteiger partial charge in [0.2, 0.25) is 5.91 Å². The van der Waals surface area contributed by atoms with E-state index in [2.05, 4.69) is 44.5 Å². The van der Waals surface area contributed by atoms with Crippen LogP contribution in [-0.4, -0.2) is 33.5 Å². The zero-order valence-corrected chi connectivity index (χ0v) is 17.7. The van der Waals surface area contributed by atoms with Crippen molar-refractivity contribution in [2.45, 2.75) is 37.7 Å². The zero-order valence-electron chi connectivity index (χ0n) is 17.7. The summed E-state index contributed by atoms with van der Waals surface area (Å²) >= 11 is 0. The fraction of sp³-hybridized carbons (Fsp3) is 0.269. The van der Waals surface area contributed by atoms with Crippen LogP contribution in [0.25, 0.3) is 22.0 Å². The molecular weight excluding hydrogens is 400 g/mol. The lowest BCUT2D eigenvalue weighted by Gasteiger charge is -2.23. The summed E-state index contributed by atoms with van der Waals surface area (Å²) < 4.78 is 6.27. The number of para-hydroxylation sites is 2. The first-order chi connectivity index (χ1) is 15.8. The molecule has 0 fully saturated rings. The first kappa shape index (κ1) is 19.0. The quantitative estimate of drug-likeness (QED) is 0.515. The number of fused-ring (bicyclic) bond motifs is 4. The van der Waals surface area contributed by atoms with Gasteiger partial charge in [0, 0.05) is 46.5 Å². The van der Waals surface area contributed by atoms with Gasteiger partial charge >= 0.3 is 0 Å². The number of aromatic nitrogens is 3. The lowest BCUT2D eigenvalue weighted by atomic mass is 9.86. The Morgan fingerprint density at radius 1 is 1.12 bits per heavy atom. The molecule has 0 unspecified atom stereocenters. The molecule has 0 spiro atoms. The Morgan fingerprint density at radius 3 is 2.91 bits per heavy atom. The molecular formula is C26H24N4O2. The molecule has 2 aromatic carbocycles. The minimum Gasteiger partial charge on any atom is -0.487 e. The van der Waals surface area contributed by atoms with Crippen molar-refractivity contribution in [2.75, 3.05) is 6.54 Å². The Bertz CT molecular complexity index is 1300. The molecule has 0 bridgehead atoms. The molecule has 1 aliphatic carbocycles. The van der Waals surface area contributed by atoms with Gasteiger partial charge in [0.1, 0.15) is 18.2 Å².